The number of rotatable bonds is 6. The first-order valence-electron chi connectivity index (χ1n) is 8.06. The molecule has 1 atom stereocenters. The van der Waals surface area contributed by atoms with E-state index in [9.17, 15) is 0 Å². The maximum absolute atomic E-state index is 8.56. The van der Waals surface area contributed by atoms with Crippen LogP contribution in [0.1, 0.15) is 66.2 Å². The molecule has 22 heavy (non-hydrogen) atoms. The Balaban J connectivity index is 4.44. The predicted molar refractivity (Wildman–Crippen MR) is 95.0 cm³/mol. The standard InChI is InChI=1S/C20H31NO/c1-6-7-12-16-20(4,21-5)18-19(2,3)15-13-10-8-9-11-14-17-22/h21-22H,6,8-9,15-18H2,1-5H3. The van der Waals surface area contributed by atoms with E-state index in [1.54, 1.807) is 0 Å². The van der Waals surface area contributed by atoms with Gasteiger partial charge >= 0.3 is 0 Å². The van der Waals surface area contributed by atoms with E-state index < -0.39 is 0 Å². The van der Waals surface area contributed by atoms with Crippen LogP contribution in [0.2, 0.25) is 0 Å². The molecule has 0 aliphatic heterocycles. The molecule has 0 aromatic carbocycles. The summed E-state index contributed by atoms with van der Waals surface area (Å²) in [7, 11) is 2.01. The Bertz CT molecular complexity index is 487. The van der Waals surface area contributed by atoms with Crippen LogP contribution in [0, 0.1) is 40.9 Å². The van der Waals surface area contributed by atoms with E-state index in [0.29, 0.717) is 0 Å². The summed E-state index contributed by atoms with van der Waals surface area (Å²) >= 11 is 0. The number of hydrogen-bond acceptors (Lipinski definition) is 2. The highest BCUT2D eigenvalue weighted by atomic mass is 16.2. The van der Waals surface area contributed by atoms with Crippen molar-refractivity contribution in [3.63, 3.8) is 0 Å². The van der Waals surface area contributed by atoms with Gasteiger partial charge in [0, 0.05) is 37.6 Å². The van der Waals surface area contributed by atoms with E-state index >= 15 is 0 Å². The maximum atomic E-state index is 8.56. The molecule has 0 saturated heterocycles. The molecule has 1 unspecified atom stereocenters. The molecule has 0 spiro atoms. The van der Waals surface area contributed by atoms with Crippen LogP contribution in [-0.4, -0.2) is 24.3 Å². The van der Waals surface area contributed by atoms with Gasteiger partial charge in [0.05, 0.1) is 0 Å². The third-order valence-corrected chi connectivity index (χ3v) is 3.52. The minimum Gasteiger partial charge on any atom is -0.384 e. The SMILES string of the molecule is CCC#CCC(C)(CC(C)(C)CC#CCCC#CCO)NC. The summed E-state index contributed by atoms with van der Waals surface area (Å²) in [5.41, 5.74) is 0.176. The first-order valence-corrected chi connectivity index (χ1v) is 8.06. The van der Waals surface area contributed by atoms with Crippen LogP contribution in [0.4, 0.5) is 0 Å². The molecule has 0 heterocycles. The average molecular weight is 301 g/mol. The van der Waals surface area contributed by atoms with Crippen LogP contribution in [0.15, 0.2) is 0 Å². The molecule has 2 N–H and O–H groups in total. The first kappa shape index (κ1) is 20.6. The summed E-state index contributed by atoms with van der Waals surface area (Å²) in [5, 5.41) is 12.0. The van der Waals surface area contributed by atoms with Crippen molar-refractivity contribution in [3.05, 3.63) is 0 Å². The van der Waals surface area contributed by atoms with Crippen molar-refractivity contribution in [3.8, 4) is 35.5 Å². The Labute approximate surface area is 137 Å². The maximum Gasteiger partial charge on any atom is 0.104 e. The molecule has 0 saturated carbocycles. The van der Waals surface area contributed by atoms with Crippen molar-refractivity contribution in [2.24, 2.45) is 5.41 Å². The van der Waals surface area contributed by atoms with Crippen molar-refractivity contribution >= 4 is 0 Å². The van der Waals surface area contributed by atoms with Gasteiger partial charge in [-0.05, 0) is 25.8 Å². The Morgan fingerprint density at radius 1 is 0.864 bits per heavy atom. The Hall–Kier alpha value is -1.40. The van der Waals surface area contributed by atoms with Crippen LogP contribution in [0.5, 0.6) is 0 Å². The number of unbranched alkanes of at least 4 members (excludes halogenated alkanes) is 1. The van der Waals surface area contributed by atoms with Crippen LogP contribution < -0.4 is 5.32 Å². The number of aliphatic hydroxyl groups is 1. The summed E-state index contributed by atoms with van der Waals surface area (Å²) in [6.45, 7) is 8.77. The fraction of sp³-hybridized carbons (Fsp3) is 0.700. The molecule has 122 valence electrons. The quantitative estimate of drug-likeness (QED) is 0.582. The van der Waals surface area contributed by atoms with Crippen LogP contribution in [-0.2, 0) is 0 Å². The molecule has 0 fully saturated rings. The van der Waals surface area contributed by atoms with Crippen molar-refractivity contribution in [1.82, 2.24) is 5.32 Å². The average Bonchev–Trinajstić information content (AvgIpc) is 2.46. The summed E-state index contributed by atoms with van der Waals surface area (Å²) in [6.07, 6.45) is 5.19. The molecule has 0 aliphatic rings. The lowest BCUT2D eigenvalue weighted by Crippen LogP contribution is -2.43. The molecule has 0 amide bonds. The molecule has 0 aromatic rings. The molecule has 0 rings (SSSR count). The molecule has 0 radical (unpaired) electrons. The number of aliphatic hydroxyl groups excluding tert-OH is 1. The molecule has 0 aliphatic carbocycles. The van der Waals surface area contributed by atoms with Gasteiger partial charge in [0.2, 0.25) is 0 Å². The Morgan fingerprint density at radius 2 is 1.45 bits per heavy atom. The van der Waals surface area contributed by atoms with Gasteiger partial charge in [-0.2, -0.15) is 0 Å². The van der Waals surface area contributed by atoms with Crippen molar-refractivity contribution in [2.45, 2.75) is 71.8 Å². The zero-order chi connectivity index (χ0) is 16.9. The van der Waals surface area contributed by atoms with E-state index in [4.69, 9.17) is 5.11 Å². The summed E-state index contributed by atoms with van der Waals surface area (Å²) in [4.78, 5) is 0. The van der Waals surface area contributed by atoms with Gasteiger partial charge in [-0.25, -0.2) is 0 Å². The molecule has 2 nitrogen and oxygen atoms in total. The fourth-order valence-corrected chi connectivity index (χ4v) is 2.40. The van der Waals surface area contributed by atoms with Gasteiger partial charge in [0.25, 0.3) is 0 Å². The lowest BCUT2D eigenvalue weighted by atomic mass is 9.76. The Morgan fingerprint density at radius 3 is 2.00 bits per heavy atom. The third-order valence-electron chi connectivity index (χ3n) is 3.52. The predicted octanol–water partition coefficient (Wildman–Crippen LogP) is 3.35. The minimum atomic E-state index is -0.0655. The van der Waals surface area contributed by atoms with Crippen LogP contribution in [0.25, 0.3) is 0 Å². The summed E-state index contributed by atoms with van der Waals surface area (Å²) < 4.78 is 0. The fourth-order valence-electron chi connectivity index (χ4n) is 2.40. The zero-order valence-electron chi connectivity index (χ0n) is 14.9. The van der Waals surface area contributed by atoms with E-state index in [2.05, 4.69) is 68.5 Å². The minimum absolute atomic E-state index is 0.0277. The van der Waals surface area contributed by atoms with Gasteiger partial charge in [-0.1, -0.05) is 32.6 Å². The molecule has 0 bridgehead atoms. The smallest absolute Gasteiger partial charge is 0.104 e. The highest BCUT2D eigenvalue weighted by Gasteiger charge is 2.30. The van der Waals surface area contributed by atoms with Crippen LogP contribution in [0.3, 0.4) is 0 Å². The highest BCUT2D eigenvalue weighted by Crippen LogP contribution is 2.32. The van der Waals surface area contributed by atoms with E-state index in [-0.39, 0.29) is 17.6 Å². The monoisotopic (exact) mass is 301 g/mol. The molecular formula is C20H31NO. The second-order valence-electron chi connectivity index (χ2n) is 6.58. The van der Waals surface area contributed by atoms with E-state index in [0.717, 1.165) is 38.5 Å². The second-order valence-corrected chi connectivity index (χ2v) is 6.58. The molecular weight excluding hydrogens is 270 g/mol. The Kier molecular flexibility index (Phi) is 10.5. The lowest BCUT2D eigenvalue weighted by molar-refractivity contribution is 0.225. The molecule has 0 aromatic heterocycles. The number of nitrogens with one attached hydrogen (secondary N) is 1. The van der Waals surface area contributed by atoms with Gasteiger partial charge in [0.15, 0.2) is 0 Å². The second kappa shape index (κ2) is 11.2. The van der Waals surface area contributed by atoms with Crippen LogP contribution >= 0.6 is 0 Å². The zero-order valence-corrected chi connectivity index (χ0v) is 14.9. The van der Waals surface area contributed by atoms with E-state index in [1.807, 2.05) is 7.05 Å². The third kappa shape index (κ3) is 10.3. The first-order chi connectivity index (χ1) is 10.4. The van der Waals surface area contributed by atoms with Gasteiger partial charge in [-0.3, -0.25) is 0 Å². The number of hydrogen-bond donors (Lipinski definition) is 2. The topological polar surface area (TPSA) is 32.3 Å². The van der Waals surface area contributed by atoms with Gasteiger partial charge < -0.3 is 10.4 Å². The van der Waals surface area contributed by atoms with Crippen molar-refractivity contribution < 1.29 is 5.11 Å². The van der Waals surface area contributed by atoms with Crippen molar-refractivity contribution in [1.29, 1.82) is 0 Å². The van der Waals surface area contributed by atoms with Gasteiger partial charge in [0.1, 0.15) is 6.61 Å². The highest BCUT2D eigenvalue weighted by molar-refractivity contribution is 5.09. The summed E-state index contributed by atoms with van der Waals surface area (Å²) in [6, 6.07) is 0. The van der Waals surface area contributed by atoms with Gasteiger partial charge in [-0.15, -0.1) is 23.7 Å². The largest absolute Gasteiger partial charge is 0.384 e. The van der Waals surface area contributed by atoms with E-state index in [1.165, 1.54) is 0 Å². The summed E-state index contributed by atoms with van der Waals surface area (Å²) in [5.74, 6) is 18.4. The molecule has 2 heteroatoms. The normalized spacial score (nSPS) is 12.8. The lowest BCUT2D eigenvalue weighted by Gasteiger charge is -2.35. The van der Waals surface area contributed by atoms with Crippen molar-refractivity contribution in [2.75, 3.05) is 13.7 Å².